The SMILES string of the molecule is CC(=O)N(c1nc(/C=C(\C#N)C(=O)Nc2cccc(Cl)c2C)cs1)c1ccc(F)cc1F. The Bertz CT molecular complexity index is 1280. The minimum atomic E-state index is -0.929. The number of nitrogens with zero attached hydrogens (tertiary/aromatic N) is 3. The molecular formula is C22H15ClF2N4O2S. The van der Waals surface area contributed by atoms with E-state index in [0.29, 0.717) is 22.3 Å². The lowest BCUT2D eigenvalue weighted by atomic mass is 10.1. The first kappa shape index (κ1) is 23.1. The number of halogens is 3. The number of carbonyl (C=O) groups is 2. The summed E-state index contributed by atoms with van der Waals surface area (Å²) in [7, 11) is 0. The van der Waals surface area contributed by atoms with Crippen molar-refractivity contribution in [3.63, 3.8) is 0 Å². The monoisotopic (exact) mass is 472 g/mol. The van der Waals surface area contributed by atoms with Crippen molar-refractivity contribution in [2.45, 2.75) is 13.8 Å². The van der Waals surface area contributed by atoms with E-state index in [-0.39, 0.29) is 22.1 Å². The van der Waals surface area contributed by atoms with Gasteiger partial charge in [0.15, 0.2) is 5.13 Å². The zero-order valence-corrected chi connectivity index (χ0v) is 18.4. The Morgan fingerprint density at radius 1 is 1.28 bits per heavy atom. The normalized spacial score (nSPS) is 11.1. The smallest absolute Gasteiger partial charge is 0.266 e. The van der Waals surface area contributed by atoms with E-state index >= 15 is 0 Å². The molecule has 1 heterocycles. The molecule has 162 valence electrons. The van der Waals surface area contributed by atoms with E-state index in [1.165, 1.54) is 18.4 Å². The predicted molar refractivity (Wildman–Crippen MR) is 120 cm³/mol. The lowest BCUT2D eigenvalue weighted by molar-refractivity contribution is -0.116. The molecule has 1 aromatic heterocycles. The van der Waals surface area contributed by atoms with Crippen molar-refractivity contribution in [1.82, 2.24) is 4.98 Å². The summed E-state index contributed by atoms with van der Waals surface area (Å²) in [4.78, 5) is 29.9. The number of nitrogens with one attached hydrogen (secondary N) is 1. The summed E-state index contributed by atoms with van der Waals surface area (Å²) in [5.41, 5.74) is 0.918. The van der Waals surface area contributed by atoms with Gasteiger partial charge >= 0.3 is 0 Å². The van der Waals surface area contributed by atoms with Crippen LogP contribution < -0.4 is 10.2 Å². The summed E-state index contributed by atoms with van der Waals surface area (Å²) >= 11 is 7.05. The maximum Gasteiger partial charge on any atom is 0.266 e. The maximum absolute atomic E-state index is 14.2. The topological polar surface area (TPSA) is 86.1 Å². The van der Waals surface area contributed by atoms with Crippen LogP contribution in [0.15, 0.2) is 47.4 Å². The number of anilines is 3. The van der Waals surface area contributed by atoms with Gasteiger partial charge in [-0.25, -0.2) is 13.8 Å². The third-order valence-electron chi connectivity index (χ3n) is 4.34. The lowest BCUT2D eigenvalue weighted by Gasteiger charge is -2.18. The van der Waals surface area contributed by atoms with Crippen LogP contribution in [-0.4, -0.2) is 16.8 Å². The highest BCUT2D eigenvalue weighted by atomic mass is 35.5. The minimum Gasteiger partial charge on any atom is -0.321 e. The average Bonchev–Trinajstić information content (AvgIpc) is 3.19. The Morgan fingerprint density at radius 3 is 2.69 bits per heavy atom. The third-order valence-corrected chi connectivity index (χ3v) is 5.59. The molecule has 32 heavy (non-hydrogen) atoms. The first-order valence-corrected chi connectivity index (χ1v) is 10.4. The molecule has 3 rings (SSSR count). The number of rotatable bonds is 5. The highest BCUT2D eigenvalue weighted by Gasteiger charge is 2.22. The molecule has 0 aliphatic carbocycles. The molecule has 6 nitrogen and oxygen atoms in total. The van der Waals surface area contributed by atoms with E-state index in [1.54, 1.807) is 25.1 Å². The average molecular weight is 473 g/mol. The van der Waals surface area contributed by atoms with Gasteiger partial charge in [-0.1, -0.05) is 17.7 Å². The molecule has 0 unspecified atom stereocenters. The largest absolute Gasteiger partial charge is 0.321 e. The first-order chi connectivity index (χ1) is 15.2. The summed E-state index contributed by atoms with van der Waals surface area (Å²) in [6, 6.07) is 9.62. The molecule has 0 spiro atoms. The van der Waals surface area contributed by atoms with Crippen LogP contribution in [0.4, 0.5) is 25.3 Å². The Hall–Kier alpha value is -3.61. The second-order valence-electron chi connectivity index (χ2n) is 6.54. The van der Waals surface area contributed by atoms with Crippen molar-refractivity contribution in [3.8, 4) is 6.07 Å². The number of nitriles is 1. The molecule has 0 saturated heterocycles. The number of carbonyl (C=O) groups excluding carboxylic acids is 2. The van der Waals surface area contributed by atoms with Gasteiger partial charge in [-0.15, -0.1) is 11.3 Å². The van der Waals surface area contributed by atoms with E-state index in [9.17, 15) is 23.6 Å². The molecule has 0 aliphatic heterocycles. The van der Waals surface area contributed by atoms with E-state index in [4.69, 9.17) is 11.6 Å². The standard InChI is InChI=1S/C22H15ClF2N4O2S/c1-12-17(23)4-3-5-19(12)28-21(31)14(10-26)8-16-11-32-22(27-16)29(13(2)30)20-7-6-15(24)9-18(20)25/h3-9,11H,1-2H3,(H,28,31)/b14-8+. The van der Waals surface area contributed by atoms with E-state index in [1.807, 2.05) is 6.07 Å². The van der Waals surface area contributed by atoms with Crippen molar-refractivity contribution < 1.29 is 18.4 Å². The molecule has 0 atom stereocenters. The molecular weight excluding hydrogens is 458 g/mol. The first-order valence-electron chi connectivity index (χ1n) is 9.10. The summed E-state index contributed by atoms with van der Waals surface area (Å²) in [6.45, 7) is 2.94. The van der Waals surface area contributed by atoms with Crippen LogP contribution in [-0.2, 0) is 9.59 Å². The summed E-state index contributed by atoms with van der Waals surface area (Å²) < 4.78 is 27.5. The summed E-state index contributed by atoms with van der Waals surface area (Å²) in [5.74, 6) is -2.92. The van der Waals surface area contributed by atoms with Crippen LogP contribution in [0.3, 0.4) is 0 Å². The molecule has 10 heteroatoms. The van der Waals surface area contributed by atoms with Crippen molar-refractivity contribution in [3.05, 3.63) is 75.3 Å². The molecule has 0 bridgehead atoms. The van der Waals surface area contributed by atoms with Crippen LogP contribution >= 0.6 is 22.9 Å². The Labute approximate surface area is 191 Å². The van der Waals surface area contributed by atoms with Crippen molar-refractivity contribution in [2.75, 3.05) is 10.2 Å². The van der Waals surface area contributed by atoms with Gasteiger partial charge in [-0.05, 0) is 42.8 Å². The number of amides is 2. The molecule has 0 aliphatic rings. The molecule has 1 N–H and O–H groups in total. The Kier molecular flexibility index (Phi) is 6.98. The summed E-state index contributed by atoms with van der Waals surface area (Å²) in [5, 5.41) is 14.1. The molecule has 0 saturated carbocycles. The van der Waals surface area contributed by atoms with E-state index in [2.05, 4.69) is 10.3 Å². The number of aromatic nitrogens is 1. The van der Waals surface area contributed by atoms with Gasteiger partial charge in [-0.3, -0.25) is 14.5 Å². The van der Waals surface area contributed by atoms with Gasteiger partial charge in [0.05, 0.1) is 11.4 Å². The van der Waals surface area contributed by atoms with Gasteiger partial charge < -0.3 is 5.32 Å². The van der Waals surface area contributed by atoms with Crippen molar-refractivity contribution in [1.29, 1.82) is 5.26 Å². The third kappa shape index (κ3) is 4.99. The van der Waals surface area contributed by atoms with Crippen LogP contribution in [0.2, 0.25) is 5.02 Å². The zero-order chi connectivity index (χ0) is 23.4. The molecule has 2 aromatic carbocycles. The lowest BCUT2D eigenvalue weighted by Crippen LogP contribution is -2.23. The second-order valence-corrected chi connectivity index (χ2v) is 7.79. The maximum atomic E-state index is 14.2. The van der Waals surface area contributed by atoms with Gasteiger partial charge in [0.25, 0.3) is 5.91 Å². The van der Waals surface area contributed by atoms with Gasteiger partial charge in [0, 0.05) is 29.1 Å². The predicted octanol–water partition coefficient (Wildman–Crippen LogP) is 5.61. The van der Waals surface area contributed by atoms with Crippen molar-refractivity contribution >= 4 is 57.3 Å². The number of benzene rings is 2. The van der Waals surface area contributed by atoms with Crippen LogP contribution in [0.5, 0.6) is 0 Å². The quantitative estimate of drug-likeness (QED) is 0.386. The Morgan fingerprint density at radius 2 is 2.03 bits per heavy atom. The van der Waals surface area contributed by atoms with Gasteiger partial charge in [-0.2, -0.15) is 5.26 Å². The Balaban J connectivity index is 1.89. The van der Waals surface area contributed by atoms with Crippen LogP contribution in [0.25, 0.3) is 6.08 Å². The van der Waals surface area contributed by atoms with Crippen molar-refractivity contribution in [2.24, 2.45) is 0 Å². The van der Waals surface area contributed by atoms with Gasteiger partial charge in [0.1, 0.15) is 23.3 Å². The number of hydrogen-bond acceptors (Lipinski definition) is 5. The van der Waals surface area contributed by atoms with E-state index in [0.717, 1.165) is 28.4 Å². The fourth-order valence-electron chi connectivity index (χ4n) is 2.74. The molecule has 0 radical (unpaired) electrons. The summed E-state index contributed by atoms with van der Waals surface area (Å²) in [6.07, 6.45) is 1.24. The van der Waals surface area contributed by atoms with Crippen LogP contribution in [0.1, 0.15) is 18.2 Å². The fraction of sp³-hybridized carbons (Fsp3) is 0.0909. The second kappa shape index (κ2) is 9.68. The fourth-order valence-corrected chi connectivity index (χ4v) is 3.76. The highest BCUT2D eigenvalue weighted by Crippen LogP contribution is 2.32. The number of thiazole rings is 1. The molecule has 2 amide bonds. The minimum absolute atomic E-state index is 0.0950. The molecule has 0 fully saturated rings. The van der Waals surface area contributed by atoms with Gasteiger partial charge in [0.2, 0.25) is 5.91 Å². The number of hydrogen-bond donors (Lipinski definition) is 1. The zero-order valence-electron chi connectivity index (χ0n) is 16.8. The van der Waals surface area contributed by atoms with Crippen LogP contribution in [0, 0.1) is 29.9 Å². The highest BCUT2D eigenvalue weighted by molar-refractivity contribution is 7.14. The van der Waals surface area contributed by atoms with E-state index < -0.39 is 23.4 Å². The molecule has 3 aromatic rings.